The van der Waals surface area contributed by atoms with Crippen molar-refractivity contribution in [3.05, 3.63) is 95.1 Å². The van der Waals surface area contributed by atoms with E-state index in [0.717, 1.165) is 4.31 Å². The molecule has 7 nitrogen and oxygen atoms in total. The predicted molar refractivity (Wildman–Crippen MR) is 121 cm³/mol. The van der Waals surface area contributed by atoms with Gasteiger partial charge in [-0.2, -0.15) is 0 Å². The highest BCUT2D eigenvalue weighted by atomic mass is 35.5. The van der Waals surface area contributed by atoms with Crippen molar-refractivity contribution in [2.45, 2.75) is 11.8 Å². The van der Waals surface area contributed by atoms with Crippen molar-refractivity contribution in [3.8, 4) is 5.75 Å². The molecule has 31 heavy (non-hydrogen) atoms. The van der Waals surface area contributed by atoms with E-state index in [1.807, 2.05) is 5.43 Å². The van der Waals surface area contributed by atoms with Crippen LogP contribution < -0.4 is 15.6 Å². The number of benzene rings is 3. The number of nitrogens with zero attached hydrogens (tertiary/aromatic N) is 1. The Morgan fingerprint density at radius 3 is 2.26 bits per heavy atom. The summed E-state index contributed by atoms with van der Waals surface area (Å²) in [6.07, 6.45) is 0. The molecule has 0 spiro atoms. The summed E-state index contributed by atoms with van der Waals surface area (Å²) in [6.45, 7) is 1.53. The molecule has 9 heteroatoms. The highest BCUT2D eigenvalue weighted by Gasteiger charge is 2.34. The van der Waals surface area contributed by atoms with E-state index >= 15 is 0 Å². The zero-order chi connectivity index (χ0) is 22.6. The predicted octanol–water partition coefficient (Wildman–Crippen LogP) is 3.66. The first-order valence-electron chi connectivity index (χ1n) is 9.13. The van der Waals surface area contributed by atoms with Gasteiger partial charge < -0.3 is 5.11 Å². The van der Waals surface area contributed by atoms with Crippen LogP contribution in [0.15, 0.2) is 89.5 Å². The quantitative estimate of drug-likeness (QED) is 0.226. The Morgan fingerprint density at radius 1 is 1.00 bits per heavy atom. The summed E-state index contributed by atoms with van der Waals surface area (Å²) in [6, 6.07) is 20.0. The Balaban J connectivity index is 2.39. The van der Waals surface area contributed by atoms with Crippen LogP contribution in [0.25, 0.3) is 5.57 Å². The van der Waals surface area contributed by atoms with Gasteiger partial charge in [-0.3, -0.25) is 10.2 Å². The topological polar surface area (TPSA) is 113 Å². The summed E-state index contributed by atoms with van der Waals surface area (Å²) < 4.78 is 28.3. The second kappa shape index (κ2) is 9.22. The van der Waals surface area contributed by atoms with Gasteiger partial charge in [0.15, 0.2) is 0 Å². The number of allylic oxidation sites excluding steroid dienone is 1. The Morgan fingerprint density at radius 2 is 1.65 bits per heavy atom. The number of carbonyl (C=O) groups is 1. The van der Waals surface area contributed by atoms with Crippen molar-refractivity contribution in [3.63, 3.8) is 0 Å². The van der Waals surface area contributed by atoms with Gasteiger partial charge in [0.05, 0.1) is 10.6 Å². The minimum absolute atomic E-state index is 0.0395. The molecule has 160 valence electrons. The van der Waals surface area contributed by atoms with Crippen LogP contribution in [0, 0.1) is 0 Å². The number of hydrogen-bond acceptors (Lipinski definition) is 5. The first-order valence-corrected chi connectivity index (χ1v) is 11.0. The molecular formula is C22H20ClN3O4S. The van der Waals surface area contributed by atoms with E-state index < -0.39 is 15.9 Å². The lowest BCUT2D eigenvalue weighted by atomic mass is 10.0. The van der Waals surface area contributed by atoms with E-state index in [1.165, 1.54) is 37.3 Å². The second-order valence-corrected chi connectivity index (χ2v) is 8.75. The molecule has 3 rings (SSSR count). The van der Waals surface area contributed by atoms with Gasteiger partial charge in [-0.1, -0.05) is 54.1 Å². The molecule has 3 aromatic rings. The van der Waals surface area contributed by atoms with Crippen LogP contribution in [0.3, 0.4) is 0 Å². The molecular weight excluding hydrogens is 438 g/mol. The number of halogens is 1. The number of anilines is 1. The fourth-order valence-corrected chi connectivity index (χ4v) is 4.84. The maximum atomic E-state index is 13.7. The van der Waals surface area contributed by atoms with E-state index in [-0.39, 0.29) is 38.2 Å². The SMILES string of the molecule is C/C(=C(\C(=O)NN)N(c1cccc(Cl)c1)S(=O)(=O)c1ccccc1)c1ccccc1O. The molecule has 0 saturated carbocycles. The third kappa shape index (κ3) is 4.56. The molecule has 0 aliphatic rings. The molecule has 3 aromatic carbocycles. The molecule has 0 aliphatic heterocycles. The molecule has 0 unspecified atom stereocenters. The normalized spacial score (nSPS) is 12.1. The van der Waals surface area contributed by atoms with Crippen LogP contribution in [0.4, 0.5) is 5.69 Å². The van der Waals surface area contributed by atoms with Crippen LogP contribution in [0.1, 0.15) is 12.5 Å². The van der Waals surface area contributed by atoms with Crippen LogP contribution in [-0.2, 0) is 14.8 Å². The number of rotatable bonds is 6. The third-order valence-electron chi connectivity index (χ3n) is 4.54. The van der Waals surface area contributed by atoms with E-state index in [4.69, 9.17) is 17.4 Å². The van der Waals surface area contributed by atoms with Crippen molar-refractivity contribution >= 4 is 38.8 Å². The van der Waals surface area contributed by atoms with Crippen LogP contribution in [0.5, 0.6) is 5.75 Å². The number of amides is 1. The largest absolute Gasteiger partial charge is 0.507 e. The number of phenols is 1. The van der Waals surface area contributed by atoms with Gasteiger partial charge in [0.25, 0.3) is 15.9 Å². The number of para-hydroxylation sites is 1. The lowest BCUT2D eigenvalue weighted by molar-refractivity contribution is -0.117. The zero-order valence-electron chi connectivity index (χ0n) is 16.5. The molecule has 0 aliphatic carbocycles. The Kier molecular flexibility index (Phi) is 6.65. The molecule has 0 radical (unpaired) electrons. The number of nitrogens with one attached hydrogen (secondary N) is 1. The minimum atomic E-state index is -4.27. The molecule has 0 aromatic heterocycles. The van der Waals surface area contributed by atoms with Gasteiger partial charge in [-0.05, 0) is 48.9 Å². The number of phenolic OH excluding ortho intramolecular Hbond substituents is 1. The molecule has 0 bridgehead atoms. The molecule has 4 N–H and O–H groups in total. The van der Waals surface area contributed by atoms with Gasteiger partial charge in [-0.25, -0.2) is 18.6 Å². The lowest BCUT2D eigenvalue weighted by Crippen LogP contribution is -2.42. The van der Waals surface area contributed by atoms with Gasteiger partial charge in [0.1, 0.15) is 11.4 Å². The summed E-state index contributed by atoms with van der Waals surface area (Å²) in [5.41, 5.74) is 2.32. The fraction of sp³-hybridized carbons (Fsp3) is 0.0455. The highest BCUT2D eigenvalue weighted by Crippen LogP contribution is 2.35. The van der Waals surface area contributed by atoms with Gasteiger partial charge in [-0.15, -0.1) is 0 Å². The van der Waals surface area contributed by atoms with Crippen LogP contribution in [0.2, 0.25) is 5.02 Å². The van der Waals surface area contributed by atoms with Gasteiger partial charge >= 0.3 is 0 Å². The molecule has 0 fully saturated rings. The van der Waals surface area contributed by atoms with Crippen molar-refractivity contribution in [1.29, 1.82) is 0 Å². The van der Waals surface area contributed by atoms with E-state index in [2.05, 4.69) is 0 Å². The molecule has 1 amide bonds. The fourth-order valence-electron chi connectivity index (χ4n) is 3.09. The third-order valence-corrected chi connectivity index (χ3v) is 6.51. The summed E-state index contributed by atoms with van der Waals surface area (Å²) in [7, 11) is -4.27. The highest BCUT2D eigenvalue weighted by molar-refractivity contribution is 7.93. The van der Waals surface area contributed by atoms with E-state index in [1.54, 1.807) is 48.5 Å². The number of aromatic hydroxyl groups is 1. The first kappa shape index (κ1) is 22.4. The van der Waals surface area contributed by atoms with Crippen molar-refractivity contribution < 1.29 is 18.3 Å². The maximum Gasteiger partial charge on any atom is 0.283 e. The number of hydrogen-bond donors (Lipinski definition) is 3. The monoisotopic (exact) mass is 457 g/mol. The van der Waals surface area contributed by atoms with Gasteiger partial charge in [0, 0.05) is 10.6 Å². The molecule has 0 atom stereocenters. The summed E-state index contributed by atoms with van der Waals surface area (Å²) in [5, 5.41) is 10.6. The van der Waals surface area contributed by atoms with E-state index in [9.17, 15) is 18.3 Å². The smallest absolute Gasteiger partial charge is 0.283 e. The molecule has 0 heterocycles. The van der Waals surface area contributed by atoms with E-state index in [0.29, 0.717) is 0 Å². The summed E-state index contributed by atoms with van der Waals surface area (Å²) >= 11 is 6.12. The number of carbonyl (C=O) groups excluding carboxylic acids is 1. The summed E-state index contributed by atoms with van der Waals surface area (Å²) in [4.78, 5) is 12.9. The van der Waals surface area contributed by atoms with Crippen LogP contribution in [-0.4, -0.2) is 19.4 Å². The Hall–Kier alpha value is -3.33. The Bertz CT molecular complexity index is 1240. The maximum absolute atomic E-state index is 13.7. The van der Waals surface area contributed by atoms with Gasteiger partial charge in [0.2, 0.25) is 0 Å². The Labute approximate surface area is 185 Å². The second-order valence-electron chi connectivity index (χ2n) is 6.53. The van der Waals surface area contributed by atoms with Crippen LogP contribution >= 0.6 is 11.6 Å². The standard InChI is InChI=1S/C22H20ClN3O4S/c1-15(19-12-5-6-13-20(19)27)21(22(28)25-24)26(17-9-7-8-16(23)14-17)31(29,30)18-10-3-2-4-11-18/h2-14,27H,24H2,1H3,(H,25,28)/b21-15-. The zero-order valence-corrected chi connectivity index (χ0v) is 18.1. The first-order chi connectivity index (χ1) is 14.8. The lowest BCUT2D eigenvalue weighted by Gasteiger charge is -2.28. The number of hydrazine groups is 1. The average Bonchev–Trinajstić information content (AvgIpc) is 2.77. The van der Waals surface area contributed by atoms with Crippen molar-refractivity contribution in [1.82, 2.24) is 5.43 Å². The average molecular weight is 458 g/mol. The number of sulfonamides is 1. The minimum Gasteiger partial charge on any atom is -0.507 e. The van der Waals surface area contributed by atoms with Crippen molar-refractivity contribution in [2.75, 3.05) is 4.31 Å². The summed E-state index contributed by atoms with van der Waals surface area (Å²) in [5.74, 6) is 4.43. The molecule has 0 saturated heterocycles. The number of nitrogens with two attached hydrogens (primary N) is 1. The van der Waals surface area contributed by atoms with Crippen molar-refractivity contribution in [2.24, 2.45) is 5.84 Å².